The molecule has 0 saturated heterocycles. The van der Waals surface area contributed by atoms with Crippen LogP contribution in [0.4, 0.5) is 0 Å². The van der Waals surface area contributed by atoms with Crippen molar-refractivity contribution in [3.8, 4) is 33.6 Å². The van der Waals surface area contributed by atoms with Crippen LogP contribution in [0.3, 0.4) is 0 Å². The lowest BCUT2D eigenvalue weighted by molar-refractivity contribution is 1.29. The highest BCUT2D eigenvalue weighted by Crippen LogP contribution is 2.25. The molecule has 0 aliphatic heterocycles. The molecule has 0 amide bonds. The zero-order chi connectivity index (χ0) is 21.1. The lowest BCUT2D eigenvalue weighted by Crippen LogP contribution is -2.10. The van der Waals surface area contributed by atoms with Gasteiger partial charge in [0.25, 0.3) is 0 Å². The van der Waals surface area contributed by atoms with Gasteiger partial charge in [0.05, 0.1) is 11.4 Å². The van der Waals surface area contributed by atoms with Crippen molar-refractivity contribution in [2.45, 2.75) is 0 Å². The lowest BCUT2D eigenvalue weighted by Gasteiger charge is -2.07. The van der Waals surface area contributed by atoms with Crippen LogP contribution in [0.15, 0.2) is 85.2 Å². The fraction of sp³-hybridized carbons (Fsp3) is 0. The van der Waals surface area contributed by atoms with Gasteiger partial charge < -0.3 is 11.5 Å². The molecule has 0 spiro atoms. The van der Waals surface area contributed by atoms with Gasteiger partial charge in [0, 0.05) is 45.8 Å². The third-order valence-corrected chi connectivity index (χ3v) is 4.84. The minimum Gasteiger partial charge on any atom is -0.384 e. The summed E-state index contributed by atoms with van der Waals surface area (Å²) in [6.45, 7) is 0. The standard InChI is InChI=1S/C24H20N6/c25-23(26)17-5-1-15(2-6-17)21-11-9-19(13-29-21)20-10-12-22(30-14-20)16-3-7-18(8-4-16)24(27)28/h1-14H,(H3,25,26)(H3,27,28). The Kier molecular flexibility index (Phi) is 5.05. The normalized spacial score (nSPS) is 10.5. The number of pyridine rings is 2. The van der Waals surface area contributed by atoms with E-state index in [4.69, 9.17) is 22.3 Å². The van der Waals surface area contributed by atoms with E-state index in [2.05, 4.69) is 9.97 Å². The van der Waals surface area contributed by atoms with E-state index in [-0.39, 0.29) is 11.7 Å². The Morgan fingerprint density at radius 3 is 1.10 bits per heavy atom. The summed E-state index contributed by atoms with van der Waals surface area (Å²) in [6.07, 6.45) is 3.65. The SMILES string of the molecule is N=C(N)c1ccc(-c2ccc(-c3ccc(-c4ccc(C(=N)N)cc4)nc3)cn2)cc1. The van der Waals surface area contributed by atoms with E-state index < -0.39 is 0 Å². The minimum atomic E-state index is 0.0515. The van der Waals surface area contributed by atoms with Gasteiger partial charge in [-0.2, -0.15) is 0 Å². The Labute approximate surface area is 174 Å². The fourth-order valence-electron chi connectivity index (χ4n) is 3.11. The van der Waals surface area contributed by atoms with Gasteiger partial charge in [-0.3, -0.25) is 20.8 Å². The quantitative estimate of drug-likeness (QED) is 0.302. The van der Waals surface area contributed by atoms with E-state index in [1.165, 1.54) is 0 Å². The van der Waals surface area contributed by atoms with E-state index in [0.717, 1.165) is 33.6 Å². The molecule has 0 radical (unpaired) electrons. The molecule has 6 N–H and O–H groups in total. The number of amidine groups is 2. The van der Waals surface area contributed by atoms with Gasteiger partial charge in [0.1, 0.15) is 11.7 Å². The molecule has 4 aromatic rings. The Hall–Kier alpha value is -4.32. The first-order valence-corrected chi connectivity index (χ1v) is 9.33. The van der Waals surface area contributed by atoms with Gasteiger partial charge >= 0.3 is 0 Å². The number of nitrogens with two attached hydrogens (primary N) is 2. The smallest absolute Gasteiger partial charge is 0.122 e. The maximum Gasteiger partial charge on any atom is 0.122 e. The Bertz CT molecular complexity index is 1090. The van der Waals surface area contributed by atoms with Crippen LogP contribution in [0.2, 0.25) is 0 Å². The Morgan fingerprint density at radius 2 is 0.833 bits per heavy atom. The highest BCUT2D eigenvalue weighted by Gasteiger charge is 2.05. The van der Waals surface area contributed by atoms with E-state index in [0.29, 0.717) is 11.1 Å². The maximum atomic E-state index is 7.47. The second-order valence-corrected chi connectivity index (χ2v) is 6.85. The van der Waals surface area contributed by atoms with Crippen molar-refractivity contribution in [1.82, 2.24) is 9.97 Å². The molecule has 4 rings (SSSR count). The van der Waals surface area contributed by atoms with Crippen molar-refractivity contribution < 1.29 is 0 Å². The number of rotatable bonds is 5. The predicted octanol–water partition coefficient (Wildman–Crippen LogP) is 4.05. The number of nitrogen functional groups attached to an aromatic ring is 2. The third-order valence-electron chi connectivity index (χ3n) is 4.84. The van der Waals surface area contributed by atoms with Crippen molar-refractivity contribution in [1.29, 1.82) is 10.8 Å². The minimum absolute atomic E-state index is 0.0515. The summed E-state index contributed by atoms with van der Waals surface area (Å²) in [4.78, 5) is 9.12. The zero-order valence-electron chi connectivity index (χ0n) is 16.1. The maximum absolute atomic E-state index is 7.47. The summed E-state index contributed by atoms with van der Waals surface area (Å²) in [5.74, 6) is 0.103. The van der Waals surface area contributed by atoms with Crippen LogP contribution in [0.25, 0.3) is 33.6 Å². The van der Waals surface area contributed by atoms with Gasteiger partial charge in [-0.15, -0.1) is 0 Å². The molecular formula is C24H20N6. The molecular weight excluding hydrogens is 372 g/mol. The van der Waals surface area contributed by atoms with E-state index >= 15 is 0 Å². The summed E-state index contributed by atoms with van der Waals surface area (Å²) >= 11 is 0. The molecule has 0 saturated carbocycles. The van der Waals surface area contributed by atoms with Crippen LogP contribution in [0.5, 0.6) is 0 Å². The summed E-state index contributed by atoms with van der Waals surface area (Å²) in [7, 11) is 0. The molecule has 6 nitrogen and oxygen atoms in total. The van der Waals surface area contributed by atoms with Gasteiger partial charge in [0.15, 0.2) is 0 Å². The average Bonchev–Trinajstić information content (AvgIpc) is 2.79. The number of hydrogen-bond donors (Lipinski definition) is 4. The van der Waals surface area contributed by atoms with E-state index in [9.17, 15) is 0 Å². The average molecular weight is 392 g/mol. The summed E-state index contributed by atoms with van der Waals surface area (Å²) in [6, 6.07) is 22.9. The van der Waals surface area contributed by atoms with Crippen LogP contribution < -0.4 is 11.5 Å². The van der Waals surface area contributed by atoms with Crippen LogP contribution in [-0.4, -0.2) is 21.6 Å². The first kappa shape index (κ1) is 19.0. The van der Waals surface area contributed by atoms with Crippen LogP contribution in [-0.2, 0) is 0 Å². The van der Waals surface area contributed by atoms with Crippen molar-refractivity contribution in [2.24, 2.45) is 11.5 Å². The topological polar surface area (TPSA) is 126 Å². The van der Waals surface area contributed by atoms with Gasteiger partial charge in [-0.1, -0.05) is 60.7 Å². The van der Waals surface area contributed by atoms with Crippen molar-refractivity contribution in [2.75, 3.05) is 0 Å². The number of benzene rings is 2. The molecule has 30 heavy (non-hydrogen) atoms. The molecule has 0 aliphatic rings. The van der Waals surface area contributed by atoms with Crippen LogP contribution >= 0.6 is 0 Å². The Morgan fingerprint density at radius 1 is 0.500 bits per heavy atom. The first-order chi connectivity index (χ1) is 14.5. The molecule has 0 bridgehead atoms. The number of nitrogens with zero attached hydrogens (tertiary/aromatic N) is 2. The summed E-state index contributed by atoms with van der Waals surface area (Å²) < 4.78 is 0. The summed E-state index contributed by atoms with van der Waals surface area (Å²) in [5.41, 5.74) is 18.0. The Balaban J connectivity index is 1.53. The largest absolute Gasteiger partial charge is 0.384 e. The van der Waals surface area contributed by atoms with Crippen LogP contribution in [0, 0.1) is 10.8 Å². The third kappa shape index (κ3) is 3.93. The molecule has 0 fully saturated rings. The summed E-state index contributed by atoms with van der Waals surface area (Å²) in [5, 5.41) is 14.9. The van der Waals surface area contributed by atoms with E-state index in [1.807, 2.05) is 85.2 Å². The predicted molar refractivity (Wildman–Crippen MR) is 120 cm³/mol. The number of aromatic nitrogens is 2. The second-order valence-electron chi connectivity index (χ2n) is 6.85. The first-order valence-electron chi connectivity index (χ1n) is 9.33. The molecule has 2 heterocycles. The molecule has 0 unspecified atom stereocenters. The number of hydrogen-bond acceptors (Lipinski definition) is 4. The molecule has 2 aromatic carbocycles. The molecule has 146 valence electrons. The highest BCUT2D eigenvalue weighted by molar-refractivity contribution is 5.95. The monoisotopic (exact) mass is 392 g/mol. The van der Waals surface area contributed by atoms with Crippen molar-refractivity contribution in [3.63, 3.8) is 0 Å². The van der Waals surface area contributed by atoms with Crippen LogP contribution in [0.1, 0.15) is 11.1 Å². The fourth-order valence-corrected chi connectivity index (χ4v) is 3.11. The molecule has 0 atom stereocenters. The zero-order valence-corrected chi connectivity index (χ0v) is 16.1. The van der Waals surface area contributed by atoms with Crippen molar-refractivity contribution >= 4 is 11.7 Å². The van der Waals surface area contributed by atoms with E-state index in [1.54, 1.807) is 0 Å². The molecule has 6 heteroatoms. The van der Waals surface area contributed by atoms with Gasteiger partial charge in [-0.05, 0) is 12.1 Å². The highest BCUT2D eigenvalue weighted by atomic mass is 14.7. The van der Waals surface area contributed by atoms with Crippen molar-refractivity contribution in [3.05, 3.63) is 96.3 Å². The number of nitrogens with one attached hydrogen (secondary N) is 2. The molecule has 2 aromatic heterocycles. The van der Waals surface area contributed by atoms with Gasteiger partial charge in [-0.25, -0.2) is 0 Å². The molecule has 0 aliphatic carbocycles. The van der Waals surface area contributed by atoms with Gasteiger partial charge in [0.2, 0.25) is 0 Å². The second kappa shape index (κ2) is 7.97. The lowest BCUT2D eigenvalue weighted by atomic mass is 10.0.